The van der Waals surface area contributed by atoms with Crippen LogP contribution in [-0.4, -0.2) is 61.3 Å². The zero-order valence-electron chi connectivity index (χ0n) is 15.5. The Balaban J connectivity index is 1.46. The van der Waals surface area contributed by atoms with Gasteiger partial charge in [0.15, 0.2) is 11.5 Å². The number of carbonyl (C=O) groups is 1. The van der Waals surface area contributed by atoms with Crippen LogP contribution in [0.1, 0.15) is 26.3 Å². The van der Waals surface area contributed by atoms with Crippen molar-refractivity contribution in [2.24, 2.45) is 5.92 Å². The minimum atomic E-state index is -0.0635. The molecule has 2 heterocycles. The number of nitrogens with one attached hydrogen (secondary N) is 1. The molecule has 1 aromatic rings. The van der Waals surface area contributed by atoms with Gasteiger partial charge in [0.25, 0.3) is 0 Å². The van der Waals surface area contributed by atoms with Gasteiger partial charge in [-0.3, -0.25) is 14.6 Å². The van der Waals surface area contributed by atoms with Crippen LogP contribution in [0.15, 0.2) is 18.2 Å². The lowest BCUT2D eigenvalue weighted by Crippen LogP contribution is -2.53. The van der Waals surface area contributed by atoms with Crippen molar-refractivity contribution >= 4 is 5.91 Å². The van der Waals surface area contributed by atoms with Crippen molar-refractivity contribution in [3.05, 3.63) is 23.8 Å². The van der Waals surface area contributed by atoms with Crippen molar-refractivity contribution in [2.75, 3.05) is 39.5 Å². The van der Waals surface area contributed by atoms with Crippen molar-refractivity contribution in [1.29, 1.82) is 0 Å². The highest BCUT2D eigenvalue weighted by Gasteiger charge is 2.25. The molecule has 0 aromatic heterocycles. The van der Waals surface area contributed by atoms with Crippen molar-refractivity contribution in [1.82, 2.24) is 15.1 Å². The maximum absolute atomic E-state index is 12.2. The van der Waals surface area contributed by atoms with Crippen LogP contribution in [0, 0.1) is 5.92 Å². The molecule has 6 nitrogen and oxygen atoms in total. The maximum Gasteiger partial charge on any atom is 0.237 e. The first-order chi connectivity index (χ1) is 12.0. The minimum absolute atomic E-state index is 0.0635. The second-order valence-corrected chi connectivity index (χ2v) is 7.31. The molecule has 0 aliphatic carbocycles. The highest BCUT2D eigenvalue weighted by Crippen LogP contribution is 2.32. The van der Waals surface area contributed by atoms with E-state index in [1.807, 2.05) is 13.0 Å². The molecule has 1 unspecified atom stereocenters. The van der Waals surface area contributed by atoms with Gasteiger partial charge >= 0.3 is 0 Å². The Bertz CT molecular complexity index is 598. The number of carbonyl (C=O) groups excluding carboxylic acids is 1. The first-order valence-corrected chi connectivity index (χ1v) is 9.15. The van der Waals surface area contributed by atoms with Crippen molar-refractivity contribution < 1.29 is 14.3 Å². The van der Waals surface area contributed by atoms with E-state index in [2.05, 4.69) is 41.1 Å². The monoisotopic (exact) mass is 347 g/mol. The lowest BCUT2D eigenvalue weighted by Gasteiger charge is -2.37. The molecule has 25 heavy (non-hydrogen) atoms. The third-order valence-corrected chi connectivity index (χ3v) is 4.86. The number of benzene rings is 1. The zero-order valence-corrected chi connectivity index (χ0v) is 15.5. The second-order valence-electron chi connectivity index (χ2n) is 7.31. The molecule has 1 N–H and O–H groups in total. The second kappa shape index (κ2) is 8.06. The largest absolute Gasteiger partial charge is 0.454 e. The number of nitrogens with zero attached hydrogens (tertiary/aromatic N) is 2. The van der Waals surface area contributed by atoms with Gasteiger partial charge in [0.2, 0.25) is 12.7 Å². The number of rotatable bonds is 6. The Kier molecular flexibility index (Phi) is 5.81. The molecule has 6 heteroatoms. The maximum atomic E-state index is 12.2. The highest BCUT2D eigenvalue weighted by atomic mass is 16.7. The summed E-state index contributed by atoms with van der Waals surface area (Å²) >= 11 is 0. The first-order valence-electron chi connectivity index (χ1n) is 9.15. The van der Waals surface area contributed by atoms with E-state index >= 15 is 0 Å². The van der Waals surface area contributed by atoms with Crippen molar-refractivity contribution in [2.45, 2.75) is 33.4 Å². The number of hydrogen-bond donors (Lipinski definition) is 1. The number of hydrogen-bond acceptors (Lipinski definition) is 5. The molecule has 0 radical (unpaired) electrons. The molecule has 2 aliphatic heterocycles. The van der Waals surface area contributed by atoms with E-state index in [0.29, 0.717) is 12.7 Å². The van der Waals surface area contributed by atoms with Gasteiger partial charge in [0.1, 0.15) is 0 Å². The fourth-order valence-electron chi connectivity index (χ4n) is 3.22. The van der Waals surface area contributed by atoms with Crippen LogP contribution in [0.2, 0.25) is 0 Å². The number of amides is 1. The Morgan fingerprint density at radius 3 is 2.56 bits per heavy atom. The summed E-state index contributed by atoms with van der Waals surface area (Å²) in [5.41, 5.74) is 1.24. The smallest absolute Gasteiger partial charge is 0.237 e. The van der Waals surface area contributed by atoms with Gasteiger partial charge in [0.05, 0.1) is 6.04 Å². The summed E-state index contributed by atoms with van der Waals surface area (Å²) in [6.45, 7) is 12.0. The average Bonchev–Trinajstić information content (AvgIpc) is 3.07. The SMILES string of the molecule is CC(C)CNC(=O)C(C)N1CCN(Cc2ccc3c(c2)OCO3)CC1. The van der Waals surface area contributed by atoms with Crippen LogP contribution in [0.25, 0.3) is 0 Å². The fourth-order valence-corrected chi connectivity index (χ4v) is 3.22. The predicted octanol–water partition coefficient (Wildman–Crippen LogP) is 1.69. The van der Waals surface area contributed by atoms with Crippen LogP contribution >= 0.6 is 0 Å². The summed E-state index contributed by atoms with van der Waals surface area (Å²) < 4.78 is 10.8. The van der Waals surface area contributed by atoms with Crippen LogP contribution in [0.3, 0.4) is 0 Å². The number of piperazine rings is 1. The van der Waals surface area contributed by atoms with Crippen molar-refractivity contribution in [3.8, 4) is 11.5 Å². The Hall–Kier alpha value is -1.79. The molecule has 1 atom stereocenters. The summed E-state index contributed by atoms with van der Waals surface area (Å²) in [4.78, 5) is 16.9. The van der Waals surface area contributed by atoms with E-state index in [1.54, 1.807) is 0 Å². The summed E-state index contributed by atoms with van der Waals surface area (Å²) in [5, 5.41) is 3.03. The summed E-state index contributed by atoms with van der Waals surface area (Å²) in [6, 6.07) is 6.08. The number of fused-ring (bicyclic) bond motifs is 1. The first kappa shape index (κ1) is 18.0. The molecule has 0 bridgehead atoms. The molecule has 2 aliphatic rings. The van der Waals surface area contributed by atoms with Gasteiger partial charge in [-0.25, -0.2) is 0 Å². The molecule has 1 aromatic carbocycles. The van der Waals surface area contributed by atoms with Gasteiger partial charge in [-0.15, -0.1) is 0 Å². The minimum Gasteiger partial charge on any atom is -0.454 e. The molecule has 1 amide bonds. The molecule has 138 valence electrons. The van der Waals surface area contributed by atoms with E-state index in [4.69, 9.17) is 9.47 Å². The van der Waals surface area contributed by atoms with Gasteiger partial charge in [-0.05, 0) is 30.5 Å². The molecule has 0 saturated carbocycles. The predicted molar refractivity (Wildman–Crippen MR) is 96.7 cm³/mol. The van der Waals surface area contributed by atoms with Gasteiger partial charge < -0.3 is 14.8 Å². The fraction of sp³-hybridized carbons (Fsp3) is 0.632. The van der Waals surface area contributed by atoms with Gasteiger partial charge in [-0.2, -0.15) is 0 Å². The lowest BCUT2D eigenvalue weighted by atomic mass is 10.1. The topological polar surface area (TPSA) is 54.0 Å². The van der Waals surface area contributed by atoms with E-state index in [-0.39, 0.29) is 11.9 Å². The van der Waals surface area contributed by atoms with Crippen LogP contribution in [-0.2, 0) is 11.3 Å². The Labute approximate surface area is 150 Å². The molecule has 0 spiro atoms. The lowest BCUT2D eigenvalue weighted by molar-refractivity contribution is -0.126. The van der Waals surface area contributed by atoms with E-state index in [9.17, 15) is 4.79 Å². The Morgan fingerprint density at radius 1 is 1.12 bits per heavy atom. The molecule has 3 rings (SSSR count). The highest BCUT2D eigenvalue weighted by molar-refractivity contribution is 5.81. The Morgan fingerprint density at radius 2 is 1.84 bits per heavy atom. The number of ether oxygens (including phenoxy) is 2. The van der Waals surface area contributed by atoms with E-state index in [0.717, 1.165) is 50.8 Å². The van der Waals surface area contributed by atoms with Crippen LogP contribution in [0.4, 0.5) is 0 Å². The van der Waals surface area contributed by atoms with Crippen LogP contribution in [0.5, 0.6) is 11.5 Å². The van der Waals surface area contributed by atoms with Gasteiger partial charge in [-0.1, -0.05) is 19.9 Å². The van der Waals surface area contributed by atoms with Gasteiger partial charge in [0, 0.05) is 39.3 Å². The zero-order chi connectivity index (χ0) is 17.8. The van der Waals surface area contributed by atoms with Crippen molar-refractivity contribution in [3.63, 3.8) is 0 Å². The van der Waals surface area contributed by atoms with Crippen LogP contribution < -0.4 is 14.8 Å². The third-order valence-electron chi connectivity index (χ3n) is 4.86. The summed E-state index contributed by atoms with van der Waals surface area (Å²) in [5.74, 6) is 2.29. The normalized spacial score (nSPS) is 19.2. The molecular weight excluding hydrogens is 318 g/mol. The molecule has 1 fully saturated rings. The van der Waals surface area contributed by atoms with E-state index < -0.39 is 0 Å². The summed E-state index contributed by atoms with van der Waals surface area (Å²) in [6.07, 6.45) is 0. The quantitative estimate of drug-likeness (QED) is 0.849. The molecular formula is C19H29N3O3. The average molecular weight is 347 g/mol. The van der Waals surface area contributed by atoms with E-state index in [1.165, 1.54) is 5.56 Å². The third kappa shape index (κ3) is 4.64. The standard InChI is InChI=1S/C19H29N3O3/c1-14(2)11-20-19(23)15(3)22-8-6-21(7-9-22)12-16-4-5-17-18(10-16)25-13-24-17/h4-5,10,14-15H,6-9,11-13H2,1-3H3,(H,20,23). The summed E-state index contributed by atoms with van der Waals surface area (Å²) in [7, 11) is 0. The molecule has 1 saturated heterocycles.